The van der Waals surface area contributed by atoms with Gasteiger partial charge in [-0.15, -0.1) is 0 Å². The predicted octanol–water partition coefficient (Wildman–Crippen LogP) is 8.48. The van der Waals surface area contributed by atoms with Crippen molar-refractivity contribution in [2.45, 2.75) is 20.1 Å². The Morgan fingerprint density at radius 3 is 1.41 bits per heavy atom. The van der Waals surface area contributed by atoms with E-state index >= 15 is 8.78 Å². The van der Waals surface area contributed by atoms with E-state index in [4.69, 9.17) is 5.63 Å². The van der Waals surface area contributed by atoms with E-state index in [1.807, 2.05) is 24.3 Å². The number of rotatable bonds is 4. The average molecular weight is 570 g/mol. The van der Waals surface area contributed by atoms with E-state index in [9.17, 15) is 0 Å². The second-order valence-corrected chi connectivity index (χ2v) is 17.2. The van der Waals surface area contributed by atoms with E-state index in [1.54, 1.807) is 36.4 Å². The standard InChI is InChI=1S/C20H16.2C6H5FO.Zr/c1-2-6-18-12-15(11-17(18)5-1)9-10-16-13-19-7-3-4-8-20(19)14-16;2*7-5-3-1-2-4-6(5)8;/h1-8,11-14H,9-10H2;2*1-4,8H;/q;;;+2/p-2. The summed E-state index contributed by atoms with van der Waals surface area (Å²) in [6.45, 7) is 0. The summed E-state index contributed by atoms with van der Waals surface area (Å²) in [5.41, 5.74) is 7.00. The third-order valence-electron chi connectivity index (χ3n) is 7.76. The van der Waals surface area contributed by atoms with E-state index in [2.05, 4.69) is 36.4 Å². The van der Waals surface area contributed by atoms with Gasteiger partial charge in [0.05, 0.1) is 0 Å². The first-order valence-electron chi connectivity index (χ1n) is 12.6. The van der Waals surface area contributed by atoms with Gasteiger partial charge in [0.25, 0.3) is 0 Å². The Labute approximate surface area is 220 Å². The SMILES string of the molecule is Fc1ccccc1[O][Zr]1([O]c2ccccc2F)[CH]2C(=Cc3ccccc32)CCC2=Cc3ccccc3[CH]21. The molecule has 1 heterocycles. The number of fused-ring (bicyclic) bond motifs is 6. The molecule has 2 aliphatic carbocycles. The molecule has 2 unspecified atom stereocenters. The van der Waals surface area contributed by atoms with Crippen LogP contribution in [0.15, 0.2) is 108 Å². The average Bonchev–Trinajstić information content (AvgIpc) is 3.45. The van der Waals surface area contributed by atoms with Gasteiger partial charge in [0, 0.05) is 0 Å². The summed E-state index contributed by atoms with van der Waals surface area (Å²) in [5.74, 6) is -0.532. The van der Waals surface area contributed by atoms with Crippen LogP contribution in [-0.2, 0) is 21.1 Å². The van der Waals surface area contributed by atoms with Gasteiger partial charge >= 0.3 is 221 Å². The Bertz CT molecular complexity index is 1470. The Morgan fingerprint density at radius 1 is 0.541 bits per heavy atom. The van der Waals surface area contributed by atoms with Gasteiger partial charge in [-0.2, -0.15) is 0 Å². The number of para-hydroxylation sites is 2. The van der Waals surface area contributed by atoms with Gasteiger partial charge in [-0.3, -0.25) is 0 Å². The second kappa shape index (κ2) is 8.92. The first kappa shape index (κ1) is 22.9. The Kier molecular flexibility index (Phi) is 5.51. The molecule has 4 aromatic rings. The van der Waals surface area contributed by atoms with Crippen LogP contribution in [0.4, 0.5) is 8.78 Å². The van der Waals surface area contributed by atoms with Gasteiger partial charge in [-0.05, 0) is 0 Å². The summed E-state index contributed by atoms with van der Waals surface area (Å²) in [6, 6.07) is 29.6. The maximum absolute atomic E-state index is 15.3. The zero-order chi connectivity index (χ0) is 25.0. The Hall–Kier alpha value is -3.30. The van der Waals surface area contributed by atoms with Crippen LogP contribution in [0, 0.1) is 11.6 Å². The molecule has 182 valence electrons. The summed E-state index contributed by atoms with van der Waals surface area (Å²) in [7, 11) is 0. The summed E-state index contributed by atoms with van der Waals surface area (Å²) >= 11 is -4.77. The summed E-state index contributed by atoms with van der Waals surface area (Å²) < 4.78 is 44.2. The molecule has 1 aliphatic heterocycles. The fourth-order valence-electron chi connectivity index (χ4n) is 6.27. The minimum atomic E-state index is -4.77. The van der Waals surface area contributed by atoms with Gasteiger partial charge < -0.3 is 0 Å². The van der Waals surface area contributed by atoms with E-state index in [0.717, 1.165) is 35.1 Å². The monoisotopic (exact) mass is 568 g/mol. The molecule has 5 heteroatoms. The van der Waals surface area contributed by atoms with Crippen molar-refractivity contribution in [3.63, 3.8) is 0 Å². The molecule has 0 bridgehead atoms. The third kappa shape index (κ3) is 3.67. The predicted molar refractivity (Wildman–Crippen MR) is 138 cm³/mol. The minimum absolute atomic E-state index is 0.160. The zero-order valence-corrected chi connectivity index (χ0v) is 22.5. The van der Waals surface area contributed by atoms with Crippen LogP contribution in [0.1, 0.15) is 42.3 Å². The van der Waals surface area contributed by atoms with Crippen LogP contribution in [0.2, 0.25) is 0 Å². The van der Waals surface area contributed by atoms with Crippen molar-refractivity contribution in [2.24, 2.45) is 0 Å². The third-order valence-corrected chi connectivity index (χ3v) is 17.7. The number of hydrogen-bond acceptors (Lipinski definition) is 2. The van der Waals surface area contributed by atoms with Crippen LogP contribution < -0.4 is 5.63 Å². The molecule has 2 nitrogen and oxygen atoms in total. The topological polar surface area (TPSA) is 18.5 Å². The molecule has 0 N–H and O–H groups in total. The van der Waals surface area contributed by atoms with E-state index in [1.165, 1.54) is 23.3 Å². The molecule has 0 saturated carbocycles. The molecular weight excluding hydrogens is 546 g/mol. The quantitative estimate of drug-likeness (QED) is 0.245. The molecule has 37 heavy (non-hydrogen) atoms. The van der Waals surface area contributed by atoms with Crippen molar-refractivity contribution in [1.29, 1.82) is 0 Å². The number of halogens is 2. The molecule has 3 aliphatic rings. The number of allylic oxidation sites excluding steroid dienone is 2. The van der Waals surface area contributed by atoms with Crippen LogP contribution in [0.25, 0.3) is 12.2 Å². The first-order chi connectivity index (χ1) is 18.1. The normalized spacial score (nSPS) is 20.5. The van der Waals surface area contributed by atoms with Gasteiger partial charge in [0.2, 0.25) is 0 Å². The van der Waals surface area contributed by atoms with Crippen LogP contribution >= 0.6 is 0 Å². The number of hydrogen-bond donors (Lipinski definition) is 0. The molecule has 2 atom stereocenters. The van der Waals surface area contributed by atoms with Crippen LogP contribution in [-0.4, -0.2) is 0 Å². The van der Waals surface area contributed by atoms with E-state index in [0.29, 0.717) is 0 Å². The summed E-state index contributed by atoms with van der Waals surface area (Å²) in [4.78, 5) is 0. The zero-order valence-electron chi connectivity index (χ0n) is 20.0. The Morgan fingerprint density at radius 2 is 0.946 bits per heavy atom. The molecule has 1 saturated heterocycles. The maximum atomic E-state index is 15.3. The second-order valence-electron chi connectivity index (χ2n) is 9.85. The summed E-state index contributed by atoms with van der Waals surface area (Å²) in [6.07, 6.45) is 6.20. The van der Waals surface area contributed by atoms with Crippen LogP contribution in [0.5, 0.6) is 11.5 Å². The molecule has 7 rings (SSSR count). The van der Waals surface area contributed by atoms with Gasteiger partial charge in [0.1, 0.15) is 0 Å². The molecule has 1 fully saturated rings. The Balaban J connectivity index is 1.54. The molecule has 0 aromatic heterocycles. The van der Waals surface area contributed by atoms with Crippen molar-refractivity contribution in [3.05, 3.63) is 142 Å². The van der Waals surface area contributed by atoms with Crippen molar-refractivity contribution in [1.82, 2.24) is 0 Å². The molecule has 4 aromatic carbocycles. The molecular formula is C32H24F2O2Zr. The van der Waals surface area contributed by atoms with Crippen molar-refractivity contribution in [3.8, 4) is 11.5 Å². The number of benzene rings is 4. The van der Waals surface area contributed by atoms with Crippen molar-refractivity contribution >= 4 is 12.2 Å². The van der Waals surface area contributed by atoms with Crippen LogP contribution in [0.3, 0.4) is 0 Å². The molecule has 0 amide bonds. The summed E-state index contributed by atoms with van der Waals surface area (Å²) in [5, 5.41) is 0. The van der Waals surface area contributed by atoms with E-state index in [-0.39, 0.29) is 18.8 Å². The fraction of sp³-hybridized carbons (Fsp3) is 0.125. The van der Waals surface area contributed by atoms with E-state index < -0.39 is 32.8 Å². The fourth-order valence-corrected chi connectivity index (χ4v) is 17.9. The van der Waals surface area contributed by atoms with Gasteiger partial charge in [-0.25, -0.2) is 0 Å². The van der Waals surface area contributed by atoms with Crippen molar-refractivity contribution in [2.75, 3.05) is 0 Å². The van der Waals surface area contributed by atoms with Gasteiger partial charge in [0.15, 0.2) is 0 Å². The molecule has 0 spiro atoms. The van der Waals surface area contributed by atoms with Gasteiger partial charge in [-0.1, -0.05) is 0 Å². The molecule has 0 radical (unpaired) electrons. The first-order valence-corrected chi connectivity index (χ1v) is 17.4. The van der Waals surface area contributed by atoms with Crippen molar-refractivity contribution < 1.29 is 35.6 Å².